The standard InChI is InChI=1S/C19H20O7/c1-21-16-9-12(8-13(17(16)22-2)19-23-5-6-24-19)18-25-14-4-3-11(10-20)7-15(14)26-18/h3-4,7-9,18-20H,5-6,10H2,1-2H3. The fourth-order valence-electron chi connectivity index (χ4n) is 3.10. The van der Waals surface area contributed by atoms with E-state index in [0.717, 1.165) is 16.7 Å². The van der Waals surface area contributed by atoms with Gasteiger partial charge in [0.05, 0.1) is 39.6 Å². The van der Waals surface area contributed by atoms with Crippen molar-refractivity contribution in [1.29, 1.82) is 0 Å². The van der Waals surface area contributed by atoms with Crippen LogP contribution in [0.5, 0.6) is 23.0 Å². The van der Waals surface area contributed by atoms with E-state index in [-0.39, 0.29) is 6.61 Å². The minimum atomic E-state index is -0.640. The van der Waals surface area contributed by atoms with Crippen LogP contribution in [0.1, 0.15) is 29.3 Å². The third kappa shape index (κ3) is 2.94. The summed E-state index contributed by atoms with van der Waals surface area (Å²) in [5.74, 6) is 2.31. The first-order valence-corrected chi connectivity index (χ1v) is 8.29. The van der Waals surface area contributed by atoms with Gasteiger partial charge in [0, 0.05) is 5.56 Å². The molecule has 2 aromatic carbocycles. The number of ether oxygens (including phenoxy) is 6. The van der Waals surface area contributed by atoms with Crippen LogP contribution in [0, 0.1) is 0 Å². The molecule has 0 spiro atoms. The molecule has 2 heterocycles. The summed E-state index contributed by atoms with van der Waals surface area (Å²) in [4.78, 5) is 0. The number of benzene rings is 2. The largest absolute Gasteiger partial charge is 0.493 e. The Morgan fingerprint density at radius 3 is 2.42 bits per heavy atom. The number of methoxy groups -OCH3 is 2. The van der Waals surface area contributed by atoms with Crippen LogP contribution < -0.4 is 18.9 Å². The van der Waals surface area contributed by atoms with Crippen LogP contribution in [0.25, 0.3) is 0 Å². The Labute approximate surface area is 151 Å². The molecule has 2 aromatic rings. The Bertz CT molecular complexity index is 799. The van der Waals surface area contributed by atoms with Gasteiger partial charge in [-0.05, 0) is 29.8 Å². The Hall–Kier alpha value is -2.48. The lowest BCUT2D eigenvalue weighted by molar-refractivity contribution is -0.0459. The average molecular weight is 360 g/mol. The molecule has 7 heteroatoms. The third-order valence-electron chi connectivity index (χ3n) is 4.34. The molecule has 0 amide bonds. The highest BCUT2D eigenvalue weighted by atomic mass is 16.7. The molecule has 2 aliphatic rings. The molecule has 26 heavy (non-hydrogen) atoms. The SMILES string of the molecule is COc1cc(C2Oc3ccc(CO)cc3O2)cc(C2OCCO2)c1OC. The van der Waals surface area contributed by atoms with E-state index in [1.165, 1.54) is 0 Å². The highest BCUT2D eigenvalue weighted by molar-refractivity contribution is 5.52. The normalized spacial score (nSPS) is 19.0. The van der Waals surface area contributed by atoms with E-state index in [1.54, 1.807) is 38.5 Å². The van der Waals surface area contributed by atoms with Crippen LogP contribution in [0.15, 0.2) is 30.3 Å². The van der Waals surface area contributed by atoms with Crippen molar-refractivity contribution in [2.45, 2.75) is 19.2 Å². The van der Waals surface area contributed by atoms with Crippen LogP contribution in [0.3, 0.4) is 0 Å². The first-order valence-electron chi connectivity index (χ1n) is 8.29. The Balaban J connectivity index is 1.69. The molecule has 0 aromatic heterocycles. The van der Waals surface area contributed by atoms with E-state index >= 15 is 0 Å². The fraction of sp³-hybridized carbons (Fsp3) is 0.368. The molecular formula is C19H20O7. The molecular weight excluding hydrogens is 340 g/mol. The minimum Gasteiger partial charge on any atom is -0.493 e. The number of hydrogen-bond donors (Lipinski definition) is 1. The van der Waals surface area contributed by atoms with Gasteiger partial charge in [-0.3, -0.25) is 0 Å². The molecule has 0 aliphatic carbocycles. The molecule has 4 rings (SSSR count). The van der Waals surface area contributed by atoms with Gasteiger partial charge >= 0.3 is 0 Å². The molecule has 138 valence electrons. The predicted octanol–water partition coefficient (Wildman–Crippen LogP) is 2.71. The zero-order valence-electron chi connectivity index (χ0n) is 14.6. The van der Waals surface area contributed by atoms with Crippen molar-refractivity contribution >= 4 is 0 Å². The second-order valence-electron chi connectivity index (χ2n) is 5.93. The fourth-order valence-corrected chi connectivity index (χ4v) is 3.10. The lowest BCUT2D eigenvalue weighted by Crippen LogP contribution is -2.11. The maximum absolute atomic E-state index is 9.28. The molecule has 1 saturated heterocycles. The number of aliphatic hydroxyl groups is 1. The van der Waals surface area contributed by atoms with Gasteiger partial charge < -0.3 is 33.5 Å². The zero-order valence-corrected chi connectivity index (χ0v) is 14.6. The van der Waals surface area contributed by atoms with Crippen LogP contribution in [-0.2, 0) is 16.1 Å². The first-order chi connectivity index (χ1) is 12.7. The number of fused-ring (bicyclic) bond motifs is 1. The molecule has 0 bridgehead atoms. The summed E-state index contributed by atoms with van der Waals surface area (Å²) >= 11 is 0. The van der Waals surface area contributed by atoms with Crippen LogP contribution >= 0.6 is 0 Å². The number of aliphatic hydroxyl groups excluding tert-OH is 1. The van der Waals surface area contributed by atoms with E-state index < -0.39 is 12.6 Å². The molecule has 0 radical (unpaired) electrons. The summed E-state index contributed by atoms with van der Waals surface area (Å²) in [6.07, 6.45) is -1.16. The second kappa shape index (κ2) is 7.03. The Morgan fingerprint density at radius 1 is 0.962 bits per heavy atom. The topological polar surface area (TPSA) is 75.6 Å². The lowest BCUT2D eigenvalue weighted by Gasteiger charge is -2.20. The predicted molar refractivity (Wildman–Crippen MR) is 90.6 cm³/mol. The summed E-state index contributed by atoms with van der Waals surface area (Å²) in [6.45, 7) is 0.983. The summed E-state index contributed by atoms with van der Waals surface area (Å²) < 4.78 is 34.0. The van der Waals surface area contributed by atoms with Gasteiger partial charge in [0.25, 0.3) is 6.29 Å². The van der Waals surface area contributed by atoms with Crippen molar-refractivity contribution in [2.24, 2.45) is 0 Å². The summed E-state index contributed by atoms with van der Waals surface area (Å²) in [5.41, 5.74) is 2.23. The first kappa shape index (κ1) is 17.0. The van der Waals surface area contributed by atoms with Crippen LogP contribution in [0.2, 0.25) is 0 Å². The lowest BCUT2D eigenvalue weighted by atomic mass is 10.1. The van der Waals surface area contributed by atoms with Gasteiger partial charge in [-0.15, -0.1) is 0 Å². The molecule has 0 saturated carbocycles. The molecule has 7 nitrogen and oxygen atoms in total. The van der Waals surface area contributed by atoms with E-state index in [2.05, 4.69) is 0 Å². The summed E-state index contributed by atoms with van der Waals surface area (Å²) in [6, 6.07) is 9.03. The molecule has 1 N–H and O–H groups in total. The Kier molecular flexibility index (Phi) is 4.58. The van der Waals surface area contributed by atoms with Gasteiger partial charge in [0.1, 0.15) is 0 Å². The smallest absolute Gasteiger partial charge is 0.268 e. The van der Waals surface area contributed by atoms with Gasteiger partial charge in [0.2, 0.25) is 0 Å². The van der Waals surface area contributed by atoms with Crippen molar-refractivity contribution in [3.8, 4) is 23.0 Å². The minimum absolute atomic E-state index is 0.0574. The van der Waals surface area contributed by atoms with Gasteiger partial charge in [-0.1, -0.05) is 6.07 Å². The highest BCUT2D eigenvalue weighted by Crippen LogP contribution is 2.45. The average Bonchev–Trinajstić information content (AvgIpc) is 3.35. The summed E-state index contributed by atoms with van der Waals surface area (Å²) in [5, 5.41) is 9.28. The van der Waals surface area contributed by atoms with Crippen LogP contribution in [-0.4, -0.2) is 32.5 Å². The highest BCUT2D eigenvalue weighted by Gasteiger charge is 2.31. The molecule has 1 atom stereocenters. The maximum atomic E-state index is 9.28. The van der Waals surface area contributed by atoms with Crippen molar-refractivity contribution in [1.82, 2.24) is 0 Å². The maximum Gasteiger partial charge on any atom is 0.268 e. The Morgan fingerprint density at radius 2 is 1.73 bits per heavy atom. The van der Waals surface area contributed by atoms with E-state index in [9.17, 15) is 5.11 Å². The molecule has 1 fully saturated rings. The second-order valence-corrected chi connectivity index (χ2v) is 5.93. The van der Waals surface area contributed by atoms with Gasteiger partial charge in [-0.25, -0.2) is 0 Å². The zero-order chi connectivity index (χ0) is 18.1. The van der Waals surface area contributed by atoms with Crippen molar-refractivity contribution in [3.05, 3.63) is 47.0 Å². The molecule has 2 aliphatic heterocycles. The van der Waals surface area contributed by atoms with Crippen molar-refractivity contribution in [2.75, 3.05) is 27.4 Å². The van der Waals surface area contributed by atoms with E-state index in [4.69, 9.17) is 28.4 Å². The van der Waals surface area contributed by atoms with Gasteiger partial charge in [-0.2, -0.15) is 0 Å². The number of rotatable bonds is 5. The summed E-state index contributed by atoms with van der Waals surface area (Å²) in [7, 11) is 3.14. The number of hydrogen-bond acceptors (Lipinski definition) is 7. The van der Waals surface area contributed by atoms with Crippen molar-refractivity contribution < 1.29 is 33.5 Å². The van der Waals surface area contributed by atoms with E-state index in [1.807, 2.05) is 6.07 Å². The van der Waals surface area contributed by atoms with Crippen molar-refractivity contribution in [3.63, 3.8) is 0 Å². The third-order valence-corrected chi connectivity index (χ3v) is 4.34. The quantitative estimate of drug-likeness (QED) is 0.878. The van der Waals surface area contributed by atoms with E-state index in [0.29, 0.717) is 36.2 Å². The van der Waals surface area contributed by atoms with Crippen LogP contribution in [0.4, 0.5) is 0 Å². The van der Waals surface area contributed by atoms with Gasteiger partial charge in [0.15, 0.2) is 29.3 Å². The monoisotopic (exact) mass is 360 g/mol. The molecule has 1 unspecified atom stereocenters.